The summed E-state index contributed by atoms with van der Waals surface area (Å²) in [6, 6.07) is 3.87. The molecule has 1 aromatic rings. The van der Waals surface area contributed by atoms with Crippen LogP contribution in [0.4, 0.5) is 0 Å². The summed E-state index contributed by atoms with van der Waals surface area (Å²) < 4.78 is 5.37. The van der Waals surface area contributed by atoms with Gasteiger partial charge in [0.1, 0.15) is 12.3 Å². The van der Waals surface area contributed by atoms with Crippen LogP contribution in [0, 0.1) is 11.8 Å². The molecule has 1 aromatic heterocycles. The summed E-state index contributed by atoms with van der Waals surface area (Å²) in [5, 5.41) is 3.41. The standard InChI is InChI=1S/C18H30N4O2/c1-14-10-15(2)13-22(12-14)18(20-11-17(23)21(3)4)19-8-7-16-6-5-9-24-16/h5-6,9,14-15H,7-8,10-13H2,1-4H3,(H,19,20). The zero-order chi connectivity index (χ0) is 17.5. The molecule has 0 bridgehead atoms. The molecule has 2 atom stereocenters. The molecule has 0 spiro atoms. The molecule has 1 fully saturated rings. The van der Waals surface area contributed by atoms with E-state index in [4.69, 9.17) is 4.42 Å². The monoisotopic (exact) mass is 334 g/mol. The molecule has 1 saturated heterocycles. The normalized spacial score (nSPS) is 21.7. The van der Waals surface area contributed by atoms with E-state index in [1.165, 1.54) is 6.42 Å². The van der Waals surface area contributed by atoms with E-state index >= 15 is 0 Å². The van der Waals surface area contributed by atoms with Gasteiger partial charge in [0, 0.05) is 40.2 Å². The number of rotatable bonds is 5. The van der Waals surface area contributed by atoms with E-state index in [0.29, 0.717) is 11.8 Å². The van der Waals surface area contributed by atoms with Gasteiger partial charge in [-0.25, -0.2) is 4.99 Å². The maximum Gasteiger partial charge on any atom is 0.243 e. The van der Waals surface area contributed by atoms with Crippen LogP contribution >= 0.6 is 0 Å². The first kappa shape index (κ1) is 18.4. The van der Waals surface area contributed by atoms with Gasteiger partial charge in [0.15, 0.2) is 5.96 Å². The first-order chi connectivity index (χ1) is 11.5. The Morgan fingerprint density at radius 3 is 2.67 bits per heavy atom. The minimum absolute atomic E-state index is 0.0124. The van der Waals surface area contributed by atoms with Crippen molar-refractivity contribution in [2.75, 3.05) is 40.3 Å². The van der Waals surface area contributed by atoms with Crippen molar-refractivity contribution < 1.29 is 9.21 Å². The minimum Gasteiger partial charge on any atom is -0.469 e. The Labute approximate surface area is 144 Å². The van der Waals surface area contributed by atoms with Gasteiger partial charge >= 0.3 is 0 Å². The van der Waals surface area contributed by atoms with Crippen LogP contribution in [0.2, 0.25) is 0 Å². The highest BCUT2D eigenvalue weighted by Gasteiger charge is 2.24. The number of hydrogen-bond donors (Lipinski definition) is 1. The molecule has 6 nitrogen and oxygen atoms in total. The van der Waals surface area contributed by atoms with E-state index < -0.39 is 0 Å². The van der Waals surface area contributed by atoms with Gasteiger partial charge in [-0.05, 0) is 30.4 Å². The Kier molecular flexibility index (Phi) is 6.70. The summed E-state index contributed by atoms with van der Waals surface area (Å²) in [5.41, 5.74) is 0. The number of likely N-dealkylation sites (tertiary alicyclic amines) is 1. The Balaban J connectivity index is 1.99. The van der Waals surface area contributed by atoms with Gasteiger partial charge in [-0.2, -0.15) is 0 Å². The highest BCUT2D eigenvalue weighted by atomic mass is 16.3. The Bertz CT molecular complexity index is 529. The number of guanidine groups is 1. The zero-order valence-electron chi connectivity index (χ0n) is 15.3. The van der Waals surface area contributed by atoms with Crippen molar-refractivity contribution in [3.8, 4) is 0 Å². The topological polar surface area (TPSA) is 61.1 Å². The van der Waals surface area contributed by atoms with Crippen LogP contribution in [-0.2, 0) is 11.2 Å². The quantitative estimate of drug-likeness (QED) is 0.659. The number of piperidine rings is 1. The van der Waals surface area contributed by atoms with Crippen LogP contribution in [-0.4, -0.2) is 61.9 Å². The zero-order valence-corrected chi connectivity index (χ0v) is 15.3. The predicted molar refractivity (Wildman–Crippen MR) is 95.9 cm³/mol. The molecule has 1 amide bonds. The number of hydrogen-bond acceptors (Lipinski definition) is 3. The van der Waals surface area contributed by atoms with Crippen LogP contribution in [0.25, 0.3) is 0 Å². The average Bonchev–Trinajstić information content (AvgIpc) is 3.02. The molecule has 6 heteroatoms. The van der Waals surface area contributed by atoms with E-state index in [0.717, 1.165) is 37.8 Å². The number of likely N-dealkylation sites (N-methyl/N-ethyl adjacent to an activating group) is 1. The Morgan fingerprint density at radius 2 is 2.08 bits per heavy atom. The lowest BCUT2D eigenvalue weighted by Gasteiger charge is -2.37. The number of furan rings is 1. The molecule has 0 aromatic carbocycles. The van der Waals surface area contributed by atoms with E-state index in [1.807, 2.05) is 12.1 Å². The van der Waals surface area contributed by atoms with Crippen LogP contribution < -0.4 is 5.32 Å². The third-order valence-corrected chi connectivity index (χ3v) is 4.27. The number of aliphatic imine (C=N–C) groups is 1. The predicted octanol–water partition coefficient (Wildman–Crippen LogP) is 1.83. The largest absolute Gasteiger partial charge is 0.469 e. The molecule has 0 aliphatic carbocycles. The minimum atomic E-state index is 0.0124. The first-order valence-corrected chi connectivity index (χ1v) is 8.71. The lowest BCUT2D eigenvalue weighted by Crippen LogP contribution is -2.49. The first-order valence-electron chi connectivity index (χ1n) is 8.71. The molecule has 1 N–H and O–H groups in total. The number of amides is 1. The molecule has 0 saturated carbocycles. The molecule has 24 heavy (non-hydrogen) atoms. The number of nitrogens with zero attached hydrogens (tertiary/aromatic N) is 3. The summed E-state index contributed by atoms with van der Waals surface area (Å²) in [7, 11) is 3.51. The molecular formula is C18H30N4O2. The SMILES string of the molecule is CC1CC(C)CN(C(=NCC(=O)N(C)C)NCCc2ccco2)C1. The van der Waals surface area contributed by atoms with Gasteiger partial charge in [0.2, 0.25) is 5.91 Å². The lowest BCUT2D eigenvalue weighted by atomic mass is 9.92. The summed E-state index contributed by atoms with van der Waals surface area (Å²) >= 11 is 0. The van der Waals surface area contributed by atoms with Gasteiger partial charge in [-0.3, -0.25) is 4.79 Å². The summed E-state index contributed by atoms with van der Waals surface area (Å²) in [6.07, 6.45) is 3.73. The third-order valence-electron chi connectivity index (χ3n) is 4.27. The third kappa shape index (κ3) is 5.58. The van der Waals surface area contributed by atoms with Crippen molar-refractivity contribution >= 4 is 11.9 Å². The number of carbonyl (C=O) groups excluding carboxylic acids is 1. The van der Waals surface area contributed by atoms with Crippen molar-refractivity contribution in [3.05, 3.63) is 24.2 Å². The fourth-order valence-corrected chi connectivity index (χ4v) is 3.14. The molecular weight excluding hydrogens is 304 g/mol. The molecule has 2 heterocycles. The van der Waals surface area contributed by atoms with E-state index in [9.17, 15) is 4.79 Å². The fraction of sp³-hybridized carbons (Fsp3) is 0.667. The Morgan fingerprint density at radius 1 is 1.38 bits per heavy atom. The van der Waals surface area contributed by atoms with Crippen LogP contribution in [0.3, 0.4) is 0 Å². The van der Waals surface area contributed by atoms with Crippen molar-refractivity contribution in [1.29, 1.82) is 0 Å². The molecule has 1 aliphatic heterocycles. The maximum absolute atomic E-state index is 11.9. The smallest absolute Gasteiger partial charge is 0.243 e. The highest BCUT2D eigenvalue weighted by molar-refractivity contribution is 5.84. The summed E-state index contributed by atoms with van der Waals surface area (Å²) in [6.45, 7) is 7.42. The Hall–Kier alpha value is -1.98. The summed E-state index contributed by atoms with van der Waals surface area (Å²) in [4.78, 5) is 20.3. The van der Waals surface area contributed by atoms with Crippen LogP contribution in [0.1, 0.15) is 26.0 Å². The van der Waals surface area contributed by atoms with Gasteiger partial charge < -0.3 is 19.5 Å². The fourth-order valence-electron chi connectivity index (χ4n) is 3.14. The van der Waals surface area contributed by atoms with Gasteiger partial charge in [0.25, 0.3) is 0 Å². The van der Waals surface area contributed by atoms with Gasteiger partial charge in [-0.1, -0.05) is 13.8 Å². The van der Waals surface area contributed by atoms with Crippen LogP contribution in [0.5, 0.6) is 0 Å². The van der Waals surface area contributed by atoms with Gasteiger partial charge in [-0.15, -0.1) is 0 Å². The molecule has 0 radical (unpaired) electrons. The molecule has 2 rings (SSSR count). The average molecular weight is 334 g/mol. The molecule has 2 unspecified atom stereocenters. The summed E-state index contributed by atoms with van der Waals surface area (Å²) in [5.74, 6) is 3.06. The highest BCUT2D eigenvalue weighted by Crippen LogP contribution is 2.20. The van der Waals surface area contributed by atoms with Crippen LogP contribution in [0.15, 0.2) is 27.8 Å². The number of carbonyl (C=O) groups is 1. The maximum atomic E-state index is 11.9. The molecule has 134 valence electrons. The van der Waals surface area contributed by atoms with Crippen molar-refractivity contribution in [2.45, 2.75) is 26.7 Å². The van der Waals surface area contributed by atoms with Crippen molar-refractivity contribution in [2.24, 2.45) is 16.8 Å². The van der Waals surface area contributed by atoms with Crippen molar-refractivity contribution in [3.63, 3.8) is 0 Å². The number of nitrogens with one attached hydrogen (secondary N) is 1. The van der Waals surface area contributed by atoms with E-state index in [-0.39, 0.29) is 12.5 Å². The van der Waals surface area contributed by atoms with E-state index in [1.54, 1.807) is 25.3 Å². The lowest BCUT2D eigenvalue weighted by molar-refractivity contribution is -0.127. The molecule has 1 aliphatic rings. The second kappa shape index (κ2) is 8.76. The van der Waals surface area contributed by atoms with E-state index in [2.05, 4.69) is 29.1 Å². The van der Waals surface area contributed by atoms with Gasteiger partial charge in [0.05, 0.1) is 6.26 Å². The van der Waals surface area contributed by atoms with Crippen molar-refractivity contribution in [1.82, 2.24) is 15.1 Å². The second-order valence-electron chi connectivity index (χ2n) is 7.04. The second-order valence-corrected chi connectivity index (χ2v) is 7.04.